The third kappa shape index (κ3) is 3.82. The molecule has 1 heterocycles. The zero-order valence-electron chi connectivity index (χ0n) is 12.2. The van der Waals surface area contributed by atoms with Gasteiger partial charge in [0.25, 0.3) is 0 Å². The molecular weight excluding hydrogens is 256 g/mol. The number of anilines is 1. The quantitative estimate of drug-likeness (QED) is 0.806. The van der Waals surface area contributed by atoms with Crippen LogP contribution in [-0.2, 0) is 6.54 Å². The van der Waals surface area contributed by atoms with E-state index in [2.05, 4.69) is 70.6 Å². The Morgan fingerprint density at radius 2 is 1.76 bits per heavy atom. The maximum atomic E-state index is 4.13. The van der Waals surface area contributed by atoms with E-state index < -0.39 is 0 Å². The van der Waals surface area contributed by atoms with Crippen molar-refractivity contribution in [2.75, 3.05) is 11.4 Å². The molecule has 1 aromatic carbocycles. The highest BCUT2D eigenvalue weighted by Gasteiger charge is 2.10. The Morgan fingerprint density at radius 1 is 0.952 bits per heavy atom. The Kier molecular flexibility index (Phi) is 4.47. The third-order valence-corrected chi connectivity index (χ3v) is 3.74. The van der Waals surface area contributed by atoms with Gasteiger partial charge in [-0.2, -0.15) is 0 Å². The molecule has 0 saturated carbocycles. The van der Waals surface area contributed by atoms with Gasteiger partial charge in [-0.3, -0.25) is 4.98 Å². The SMILES string of the molecule is C1=CCCC(CN(Cc2ccccc2)c2ccncc2)=C1. The Bertz CT molecular complexity index is 615. The molecule has 0 N–H and O–H groups in total. The van der Waals surface area contributed by atoms with E-state index in [1.54, 1.807) is 0 Å². The number of hydrogen-bond acceptors (Lipinski definition) is 2. The molecule has 0 fully saturated rings. The van der Waals surface area contributed by atoms with E-state index in [1.807, 2.05) is 12.4 Å². The Hall–Kier alpha value is -2.35. The van der Waals surface area contributed by atoms with Crippen molar-refractivity contribution in [2.45, 2.75) is 19.4 Å². The lowest BCUT2D eigenvalue weighted by Gasteiger charge is -2.26. The first-order valence-electron chi connectivity index (χ1n) is 7.45. The fourth-order valence-electron chi connectivity index (χ4n) is 2.63. The molecule has 0 spiro atoms. The molecule has 1 aromatic heterocycles. The molecule has 1 aliphatic carbocycles. The fraction of sp³-hybridized carbons (Fsp3) is 0.211. The van der Waals surface area contributed by atoms with Crippen LogP contribution in [0.25, 0.3) is 0 Å². The normalized spacial score (nSPS) is 13.8. The molecule has 0 saturated heterocycles. The molecule has 0 amide bonds. The van der Waals surface area contributed by atoms with Gasteiger partial charge < -0.3 is 4.90 Å². The maximum Gasteiger partial charge on any atom is 0.0433 e. The molecular formula is C19H20N2. The van der Waals surface area contributed by atoms with Crippen LogP contribution in [0.5, 0.6) is 0 Å². The van der Waals surface area contributed by atoms with Crippen LogP contribution in [0.2, 0.25) is 0 Å². The van der Waals surface area contributed by atoms with Crippen LogP contribution in [0, 0.1) is 0 Å². The van der Waals surface area contributed by atoms with Gasteiger partial charge in [0, 0.05) is 31.2 Å². The summed E-state index contributed by atoms with van der Waals surface area (Å²) in [6.07, 6.45) is 12.7. The molecule has 106 valence electrons. The van der Waals surface area contributed by atoms with Crippen LogP contribution in [0.1, 0.15) is 18.4 Å². The first kappa shape index (κ1) is 13.6. The second-order valence-electron chi connectivity index (χ2n) is 5.34. The smallest absolute Gasteiger partial charge is 0.0433 e. The van der Waals surface area contributed by atoms with E-state index in [4.69, 9.17) is 0 Å². The second kappa shape index (κ2) is 6.89. The number of nitrogens with zero attached hydrogens (tertiary/aromatic N) is 2. The maximum absolute atomic E-state index is 4.13. The molecule has 2 aromatic rings. The largest absolute Gasteiger partial charge is 0.363 e. The highest BCUT2D eigenvalue weighted by molar-refractivity contribution is 5.47. The average Bonchev–Trinajstić information content (AvgIpc) is 2.57. The minimum absolute atomic E-state index is 0.923. The van der Waals surface area contributed by atoms with Crippen molar-refractivity contribution in [3.63, 3.8) is 0 Å². The van der Waals surface area contributed by atoms with Crippen molar-refractivity contribution >= 4 is 5.69 Å². The molecule has 0 radical (unpaired) electrons. The van der Waals surface area contributed by atoms with Gasteiger partial charge in [0.05, 0.1) is 0 Å². The summed E-state index contributed by atoms with van der Waals surface area (Å²) in [7, 11) is 0. The van der Waals surface area contributed by atoms with Gasteiger partial charge in [-0.1, -0.05) is 54.1 Å². The topological polar surface area (TPSA) is 16.1 Å². The van der Waals surface area contributed by atoms with Gasteiger partial charge in [0.15, 0.2) is 0 Å². The van der Waals surface area contributed by atoms with Crippen LogP contribution in [0.15, 0.2) is 78.7 Å². The van der Waals surface area contributed by atoms with Crippen molar-refractivity contribution in [1.29, 1.82) is 0 Å². The number of aromatic nitrogens is 1. The lowest BCUT2D eigenvalue weighted by atomic mass is 10.0. The van der Waals surface area contributed by atoms with E-state index in [0.29, 0.717) is 0 Å². The number of benzene rings is 1. The summed E-state index contributed by atoms with van der Waals surface area (Å²) < 4.78 is 0. The van der Waals surface area contributed by atoms with Crippen LogP contribution >= 0.6 is 0 Å². The first-order chi connectivity index (χ1) is 10.4. The Labute approximate surface area is 126 Å². The number of rotatable bonds is 5. The zero-order chi connectivity index (χ0) is 14.3. The summed E-state index contributed by atoms with van der Waals surface area (Å²) >= 11 is 0. The van der Waals surface area contributed by atoms with E-state index >= 15 is 0 Å². The van der Waals surface area contributed by atoms with E-state index in [9.17, 15) is 0 Å². The summed E-state index contributed by atoms with van der Waals surface area (Å²) in [5.74, 6) is 0. The molecule has 0 bridgehead atoms. The molecule has 0 aliphatic heterocycles. The molecule has 21 heavy (non-hydrogen) atoms. The van der Waals surface area contributed by atoms with E-state index in [1.165, 1.54) is 16.8 Å². The monoisotopic (exact) mass is 276 g/mol. The highest BCUT2D eigenvalue weighted by atomic mass is 15.1. The lowest BCUT2D eigenvalue weighted by molar-refractivity contribution is 0.801. The number of allylic oxidation sites excluding steroid dienone is 3. The van der Waals surface area contributed by atoms with Crippen LogP contribution in [-0.4, -0.2) is 11.5 Å². The van der Waals surface area contributed by atoms with Crippen molar-refractivity contribution in [2.24, 2.45) is 0 Å². The standard InChI is InChI=1S/C19H20N2/c1-3-7-17(8-4-1)15-21(19-11-13-20-14-12-19)16-18-9-5-2-6-10-18/h1-5,7-9,11-14H,6,10,15-16H2. The molecule has 2 heteroatoms. The van der Waals surface area contributed by atoms with Crippen molar-refractivity contribution in [1.82, 2.24) is 4.98 Å². The van der Waals surface area contributed by atoms with Gasteiger partial charge in [0.1, 0.15) is 0 Å². The predicted octanol–water partition coefficient (Wildman–Crippen LogP) is 4.36. The van der Waals surface area contributed by atoms with Gasteiger partial charge >= 0.3 is 0 Å². The minimum atomic E-state index is 0.923. The summed E-state index contributed by atoms with van der Waals surface area (Å²) in [4.78, 5) is 6.55. The van der Waals surface area contributed by atoms with Crippen molar-refractivity contribution in [3.8, 4) is 0 Å². The Morgan fingerprint density at radius 3 is 2.48 bits per heavy atom. The number of pyridine rings is 1. The summed E-state index contributed by atoms with van der Waals surface area (Å²) in [6.45, 7) is 1.90. The summed E-state index contributed by atoms with van der Waals surface area (Å²) in [6, 6.07) is 14.8. The molecule has 1 aliphatic rings. The predicted molar refractivity (Wildman–Crippen MR) is 88.2 cm³/mol. The van der Waals surface area contributed by atoms with E-state index in [0.717, 1.165) is 25.9 Å². The van der Waals surface area contributed by atoms with Crippen LogP contribution in [0.4, 0.5) is 5.69 Å². The van der Waals surface area contributed by atoms with Crippen LogP contribution in [0.3, 0.4) is 0 Å². The highest BCUT2D eigenvalue weighted by Crippen LogP contribution is 2.21. The van der Waals surface area contributed by atoms with Gasteiger partial charge in [-0.05, 0) is 30.5 Å². The molecule has 3 rings (SSSR count). The summed E-state index contributed by atoms with van der Waals surface area (Å²) in [5.41, 5.74) is 4.05. The van der Waals surface area contributed by atoms with Crippen LogP contribution < -0.4 is 4.90 Å². The Balaban J connectivity index is 1.81. The van der Waals surface area contributed by atoms with Crippen molar-refractivity contribution in [3.05, 3.63) is 84.2 Å². The molecule has 0 unspecified atom stereocenters. The fourth-order valence-corrected chi connectivity index (χ4v) is 2.63. The van der Waals surface area contributed by atoms with Gasteiger partial charge in [0.2, 0.25) is 0 Å². The molecule has 2 nitrogen and oxygen atoms in total. The van der Waals surface area contributed by atoms with E-state index in [-0.39, 0.29) is 0 Å². The average molecular weight is 276 g/mol. The minimum Gasteiger partial charge on any atom is -0.363 e. The summed E-state index contributed by atoms with van der Waals surface area (Å²) in [5, 5.41) is 0. The first-order valence-corrected chi connectivity index (χ1v) is 7.45. The molecule has 0 atom stereocenters. The zero-order valence-corrected chi connectivity index (χ0v) is 12.2. The second-order valence-corrected chi connectivity index (χ2v) is 5.34. The van der Waals surface area contributed by atoms with Crippen molar-refractivity contribution < 1.29 is 0 Å². The lowest BCUT2D eigenvalue weighted by Crippen LogP contribution is -2.25. The number of hydrogen-bond donors (Lipinski definition) is 0. The van der Waals surface area contributed by atoms with Gasteiger partial charge in [-0.15, -0.1) is 0 Å². The van der Waals surface area contributed by atoms with Gasteiger partial charge in [-0.25, -0.2) is 0 Å². The third-order valence-electron chi connectivity index (χ3n) is 3.74.